The fourth-order valence-corrected chi connectivity index (χ4v) is 5.58. The lowest BCUT2D eigenvalue weighted by atomic mass is 9.61. The van der Waals surface area contributed by atoms with Gasteiger partial charge in [-0.3, -0.25) is 9.59 Å². The summed E-state index contributed by atoms with van der Waals surface area (Å²) in [6, 6.07) is 0. The van der Waals surface area contributed by atoms with Crippen LogP contribution in [-0.4, -0.2) is 40.2 Å². The third-order valence-electron chi connectivity index (χ3n) is 8.47. The molecule has 0 heterocycles. The third kappa shape index (κ3) is 8.98. The predicted molar refractivity (Wildman–Crippen MR) is 137 cm³/mol. The van der Waals surface area contributed by atoms with Gasteiger partial charge in [0.1, 0.15) is 4.87 Å². The summed E-state index contributed by atoms with van der Waals surface area (Å²) < 4.78 is 5.39. The highest BCUT2D eigenvalue weighted by Gasteiger charge is 2.42. The van der Waals surface area contributed by atoms with Crippen LogP contribution in [0.3, 0.4) is 0 Å². The second-order valence-electron chi connectivity index (χ2n) is 12.7. The van der Waals surface area contributed by atoms with Crippen molar-refractivity contribution in [1.29, 1.82) is 0 Å². The molecule has 6 aliphatic rings. The molecular weight excluding hydrogens is 454 g/mol. The summed E-state index contributed by atoms with van der Waals surface area (Å²) in [5.74, 6) is 0.930. The van der Waals surface area contributed by atoms with Crippen molar-refractivity contribution < 1.29 is 24.5 Å². The zero-order valence-corrected chi connectivity index (χ0v) is 23.0. The standard InChI is InChI=1S/C13H21ClO2.C9H16O.C5H10O2.H3N/c1-12(2,14)11(15)16-9-13-6-3-10(4-7-13)5-8-13;10-7-9-4-1-8(2-5-9)3-6-9;1-5(2,3)4(6)7;/h10H,3-9H2,1-2H3;8,10H,1-7H2;1-3H3,(H,6,7);1H3. The van der Waals surface area contributed by atoms with Gasteiger partial charge < -0.3 is 21.1 Å². The van der Waals surface area contributed by atoms with Crippen molar-refractivity contribution in [3.8, 4) is 0 Å². The Morgan fingerprint density at radius 1 is 0.824 bits per heavy atom. The monoisotopic (exact) mass is 503 g/mol. The Morgan fingerprint density at radius 3 is 1.38 bits per heavy atom. The molecule has 6 saturated carbocycles. The smallest absolute Gasteiger partial charge is 0.326 e. The fourth-order valence-electron chi connectivity index (χ4n) is 5.52. The minimum Gasteiger partial charge on any atom is -0.481 e. The number of hydrogen-bond acceptors (Lipinski definition) is 5. The number of halogens is 1. The Labute approximate surface area is 212 Å². The van der Waals surface area contributed by atoms with E-state index in [1.54, 1.807) is 34.6 Å². The highest BCUT2D eigenvalue weighted by Crippen LogP contribution is 2.51. The molecule has 0 saturated heterocycles. The van der Waals surface area contributed by atoms with E-state index in [-0.39, 0.29) is 17.5 Å². The number of rotatable bonds is 4. The molecule has 0 amide bonds. The number of aliphatic carboxylic acids is 1. The molecule has 6 rings (SSSR count). The number of aliphatic hydroxyl groups is 1. The van der Waals surface area contributed by atoms with E-state index in [1.807, 2.05) is 0 Å². The normalized spacial score (nSPS) is 31.7. The second kappa shape index (κ2) is 12.4. The number of fused-ring (bicyclic) bond motifs is 6. The average molecular weight is 504 g/mol. The van der Waals surface area contributed by atoms with E-state index in [0.29, 0.717) is 18.6 Å². The molecule has 4 bridgehead atoms. The summed E-state index contributed by atoms with van der Waals surface area (Å²) in [4.78, 5) is 20.8. The number of carbonyl (C=O) groups is 2. The number of aliphatic hydroxyl groups excluding tert-OH is 1. The highest BCUT2D eigenvalue weighted by molar-refractivity contribution is 6.33. The fraction of sp³-hybridized carbons (Fsp3) is 0.926. The van der Waals surface area contributed by atoms with E-state index in [2.05, 4.69) is 0 Å². The molecule has 6 nitrogen and oxygen atoms in total. The average Bonchev–Trinajstić information content (AvgIpc) is 2.79. The molecule has 5 N–H and O–H groups in total. The van der Waals surface area contributed by atoms with Crippen LogP contribution in [-0.2, 0) is 14.3 Å². The first-order chi connectivity index (χ1) is 15.2. The molecule has 0 aromatic carbocycles. The Balaban J connectivity index is 0.000000276. The van der Waals surface area contributed by atoms with Crippen molar-refractivity contribution in [2.75, 3.05) is 13.2 Å². The van der Waals surface area contributed by atoms with Crippen LogP contribution in [0, 0.1) is 28.1 Å². The number of carboxylic acid groups (broad SMARTS) is 1. The van der Waals surface area contributed by atoms with E-state index in [4.69, 9.17) is 26.6 Å². The van der Waals surface area contributed by atoms with Gasteiger partial charge in [0.15, 0.2) is 0 Å². The molecule has 200 valence electrons. The van der Waals surface area contributed by atoms with Gasteiger partial charge in [-0.2, -0.15) is 0 Å². The van der Waals surface area contributed by atoms with Crippen LogP contribution in [0.5, 0.6) is 0 Å². The molecule has 0 radical (unpaired) electrons. The van der Waals surface area contributed by atoms with E-state index >= 15 is 0 Å². The molecule has 6 aliphatic carbocycles. The largest absolute Gasteiger partial charge is 0.481 e. The summed E-state index contributed by atoms with van der Waals surface area (Å²) in [6.07, 6.45) is 15.7. The zero-order valence-electron chi connectivity index (χ0n) is 22.3. The number of ether oxygens (including phenoxy) is 1. The van der Waals surface area contributed by atoms with Gasteiger partial charge in [-0.25, -0.2) is 0 Å². The van der Waals surface area contributed by atoms with Crippen LogP contribution in [0.2, 0.25) is 0 Å². The SMILES string of the molecule is CC(C)(C)C(=O)O.CC(C)(Cl)C(=O)OCC12CCC(CC1)CC2.N.OCC12CCC(CC1)CC2. The molecule has 0 aromatic heterocycles. The van der Waals surface area contributed by atoms with Crippen LogP contribution in [0.1, 0.15) is 112 Å². The Hall–Kier alpha value is -0.850. The van der Waals surface area contributed by atoms with Crippen LogP contribution in [0.15, 0.2) is 0 Å². The van der Waals surface area contributed by atoms with Gasteiger partial charge in [0, 0.05) is 12.0 Å². The topological polar surface area (TPSA) is 119 Å². The molecule has 7 heteroatoms. The van der Waals surface area contributed by atoms with Crippen LogP contribution in [0.25, 0.3) is 0 Å². The van der Waals surface area contributed by atoms with Crippen molar-refractivity contribution in [2.45, 2.75) is 117 Å². The molecule has 0 unspecified atom stereocenters. The molecule has 0 aliphatic heterocycles. The number of esters is 1. The first-order valence-electron chi connectivity index (χ1n) is 12.9. The number of carboxylic acids is 1. The summed E-state index contributed by atoms with van der Waals surface area (Å²) in [5.41, 5.74) is 0.0846. The highest BCUT2D eigenvalue weighted by atomic mass is 35.5. The summed E-state index contributed by atoms with van der Waals surface area (Å²) in [6.45, 7) is 9.38. The summed E-state index contributed by atoms with van der Waals surface area (Å²) >= 11 is 5.93. The predicted octanol–water partition coefficient (Wildman–Crippen LogP) is 6.75. The first kappa shape index (κ1) is 31.2. The number of carbonyl (C=O) groups excluding carboxylic acids is 1. The summed E-state index contributed by atoms with van der Waals surface area (Å²) in [7, 11) is 0. The first-order valence-corrected chi connectivity index (χ1v) is 13.3. The maximum atomic E-state index is 11.6. The Bertz CT molecular complexity index is 623. The van der Waals surface area contributed by atoms with Gasteiger partial charge in [0.2, 0.25) is 0 Å². The second-order valence-corrected chi connectivity index (χ2v) is 13.7. The lowest BCUT2D eigenvalue weighted by Gasteiger charge is -2.46. The van der Waals surface area contributed by atoms with Gasteiger partial charge in [0.25, 0.3) is 0 Å². The minimum absolute atomic E-state index is 0. The third-order valence-corrected chi connectivity index (χ3v) is 8.62. The van der Waals surface area contributed by atoms with Crippen LogP contribution in [0.4, 0.5) is 0 Å². The van der Waals surface area contributed by atoms with E-state index in [9.17, 15) is 9.59 Å². The van der Waals surface area contributed by atoms with Gasteiger partial charge in [-0.15, -0.1) is 11.6 Å². The number of alkyl halides is 1. The van der Waals surface area contributed by atoms with E-state index < -0.39 is 16.3 Å². The van der Waals surface area contributed by atoms with Crippen molar-refractivity contribution in [1.82, 2.24) is 6.15 Å². The zero-order chi connectivity index (χ0) is 24.9. The van der Waals surface area contributed by atoms with Gasteiger partial charge in [0.05, 0.1) is 12.0 Å². The van der Waals surface area contributed by atoms with E-state index in [1.165, 1.54) is 77.0 Å². The van der Waals surface area contributed by atoms with Crippen molar-refractivity contribution >= 4 is 23.5 Å². The van der Waals surface area contributed by atoms with Crippen molar-refractivity contribution in [3.63, 3.8) is 0 Å². The molecule has 6 fully saturated rings. The lowest BCUT2D eigenvalue weighted by Crippen LogP contribution is -2.40. The number of hydrogen-bond donors (Lipinski definition) is 3. The van der Waals surface area contributed by atoms with E-state index in [0.717, 1.165) is 11.8 Å². The Kier molecular flexibility index (Phi) is 11.4. The molecule has 34 heavy (non-hydrogen) atoms. The van der Waals surface area contributed by atoms with Gasteiger partial charge in [-0.05, 0) is 129 Å². The van der Waals surface area contributed by atoms with Gasteiger partial charge >= 0.3 is 11.9 Å². The molecule has 0 atom stereocenters. The minimum atomic E-state index is -0.886. The quantitative estimate of drug-likeness (QED) is 0.288. The van der Waals surface area contributed by atoms with Crippen LogP contribution >= 0.6 is 11.6 Å². The maximum Gasteiger partial charge on any atom is 0.326 e. The molecule has 0 aromatic rings. The molecular formula is C27H50ClNO5. The lowest BCUT2D eigenvalue weighted by molar-refractivity contribution is -0.152. The van der Waals surface area contributed by atoms with Crippen molar-refractivity contribution in [3.05, 3.63) is 0 Å². The van der Waals surface area contributed by atoms with Crippen LogP contribution < -0.4 is 6.15 Å². The Morgan fingerprint density at radius 2 is 1.15 bits per heavy atom. The molecule has 0 spiro atoms. The summed E-state index contributed by atoms with van der Waals surface area (Å²) in [5, 5.41) is 17.4. The van der Waals surface area contributed by atoms with Crippen molar-refractivity contribution in [2.24, 2.45) is 28.1 Å². The van der Waals surface area contributed by atoms with Gasteiger partial charge in [-0.1, -0.05) is 0 Å². The maximum absolute atomic E-state index is 11.6.